The SMILES string of the molecule is CCCc1ccccc1Nc1ccc(N)cc1C(N)=O. The van der Waals surface area contributed by atoms with Crippen LogP contribution in [0.2, 0.25) is 0 Å². The molecule has 0 saturated carbocycles. The molecule has 5 N–H and O–H groups in total. The normalized spacial score (nSPS) is 10.2. The van der Waals surface area contributed by atoms with Crippen molar-refractivity contribution in [3.05, 3.63) is 53.6 Å². The molecule has 0 spiro atoms. The van der Waals surface area contributed by atoms with E-state index in [2.05, 4.69) is 18.3 Å². The fourth-order valence-corrected chi connectivity index (χ4v) is 2.15. The monoisotopic (exact) mass is 269 g/mol. The van der Waals surface area contributed by atoms with Crippen LogP contribution in [0, 0.1) is 0 Å². The summed E-state index contributed by atoms with van der Waals surface area (Å²) in [5, 5.41) is 3.28. The van der Waals surface area contributed by atoms with Crippen LogP contribution in [-0.2, 0) is 6.42 Å². The molecule has 2 aromatic carbocycles. The Hall–Kier alpha value is -2.49. The Kier molecular flexibility index (Phi) is 4.25. The lowest BCUT2D eigenvalue weighted by molar-refractivity contribution is 0.100. The standard InChI is InChI=1S/C16H19N3O/c1-2-5-11-6-3-4-7-14(11)19-15-9-8-12(17)10-13(15)16(18)20/h3-4,6-10,19H,2,5,17H2,1H3,(H2,18,20). The lowest BCUT2D eigenvalue weighted by atomic mass is 10.1. The molecular formula is C16H19N3O. The van der Waals surface area contributed by atoms with Gasteiger partial charge in [-0.3, -0.25) is 4.79 Å². The highest BCUT2D eigenvalue weighted by Crippen LogP contribution is 2.26. The molecule has 0 bridgehead atoms. The number of carbonyl (C=O) groups is 1. The van der Waals surface area contributed by atoms with Gasteiger partial charge in [-0.25, -0.2) is 0 Å². The summed E-state index contributed by atoms with van der Waals surface area (Å²) in [6.45, 7) is 2.13. The van der Waals surface area contributed by atoms with Crippen LogP contribution in [0.5, 0.6) is 0 Å². The van der Waals surface area contributed by atoms with Gasteiger partial charge in [0.05, 0.1) is 11.3 Å². The number of hydrogen-bond acceptors (Lipinski definition) is 3. The summed E-state index contributed by atoms with van der Waals surface area (Å²) in [6, 6.07) is 13.2. The van der Waals surface area contributed by atoms with Crippen LogP contribution in [0.3, 0.4) is 0 Å². The van der Waals surface area contributed by atoms with Crippen LogP contribution in [0.15, 0.2) is 42.5 Å². The average Bonchev–Trinajstić information content (AvgIpc) is 2.43. The number of para-hydroxylation sites is 1. The minimum Gasteiger partial charge on any atom is -0.399 e. The molecule has 2 aromatic rings. The van der Waals surface area contributed by atoms with E-state index < -0.39 is 5.91 Å². The number of nitrogen functional groups attached to an aromatic ring is 1. The molecule has 104 valence electrons. The summed E-state index contributed by atoms with van der Waals surface area (Å²) in [7, 11) is 0. The van der Waals surface area contributed by atoms with Gasteiger partial charge in [0, 0.05) is 11.4 Å². The first-order valence-electron chi connectivity index (χ1n) is 6.66. The first-order valence-corrected chi connectivity index (χ1v) is 6.66. The van der Waals surface area contributed by atoms with Gasteiger partial charge in [-0.05, 0) is 36.2 Å². The van der Waals surface area contributed by atoms with Gasteiger partial charge >= 0.3 is 0 Å². The van der Waals surface area contributed by atoms with Gasteiger partial charge in [-0.15, -0.1) is 0 Å². The molecule has 0 heterocycles. The van der Waals surface area contributed by atoms with Gasteiger partial charge in [0.2, 0.25) is 0 Å². The molecular weight excluding hydrogens is 250 g/mol. The van der Waals surface area contributed by atoms with E-state index in [4.69, 9.17) is 11.5 Å². The second kappa shape index (κ2) is 6.10. The van der Waals surface area contributed by atoms with E-state index in [9.17, 15) is 4.79 Å². The van der Waals surface area contributed by atoms with Crippen LogP contribution < -0.4 is 16.8 Å². The summed E-state index contributed by atoms with van der Waals surface area (Å²) in [6.07, 6.45) is 2.03. The number of aryl methyl sites for hydroxylation is 1. The third-order valence-electron chi connectivity index (χ3n) is 3.12. The van der Waals surface area contributed by atoms with E-state index in [1.54, 1.807) is 18.2 Å². The maximum absolute atomic E-state index is 11.5. The van der Waals surface area contributed by atoms with Gasteiger partial charge in [-0.2, -0.15) is 0 Å². The fourth-order valence-electron chi connectivity index (χ4n) is 2.15. The summed E-state index contributed by atoms with van der Waals surface area (Å²) >= 11 is 0. The van der Waals surface area contributed by atoms with Crippen LogP contribution in [-0.4, -0.2) is 5.91 Å². The van der Waals surface area contributed by atoms with Crippen LogP contribution in [0.1, 0.15) is 29.3 Å². The number of primary amides is 1. The molecule has 0 aliphatic heterocycles. The largest absolute Gasteiger partial charge is 0.399 e. The van der Waals surface area contributed by atoms with E-state index in [0.29, 0.717) is 16.9 Å². The van der Waals surface area contributed by atoms with Crippen LogP contribution >= 0.6 is 0 Å². The maximum Gasteiger partial charge on any atom is 0.250 e. The zero-order valence-corrected chi connectivity index (χ0v) is 11.5. The summed E-state index contributed by atoms with van der Waals surface area (Å²) < 4.78 is 0. The topological polar surface area (TPSA) is 81.1 Å². The molecule has 0 aliphatic carbocycles. The van der Waals surface area contributed by atoms with Crippen LogP contribution in [0.25, 0.3) is 0 Å². The smallest absolute Gasteiger partial charge is 0.250 e. The van der Waals surface area contributed by atoms with E-state index in [1.807, 2.05) is 18.2 Å². The van der Waals surface area contributed by atoms with E-state index >= 15 is 0 Å². The van der Waals surface area contributed by atoms with Crippen molar-refractivity contribution < 1.29 is 4.79 Å². The molecule has 0 atom stereocenters. The number of rotatable bonds is 5. The molecule has 20 heavy (non-hydrogen) atoms. The molecule has 4 nitrogen and oxygen atoms in total. The minimum atomic E-state index is -0.493. The van der Waals surface area contributed by atoms with Gasteiger partial charge in [0.25, 0.3) is 5.91 Å². The number of amides is 1. The Labute approximate surface area is 118 Å². The van der Waals surface area contributed by atoms with Gasteiger partial charge in [0.15, 0.2) is 0 Å². The molecule has 0 aliphatic rings. The Bertz CT molecular complexity index is 623. The molecule has 1 amide bonds. The lowest BCUT2D eigenvalue weighted by Gasteiger charge is -2.14. The Morgan fingerprint density at radius 1 is 1.15 bits per heavy atom. The van der Waals surface area contributed by atoms with Crippen molar-refractivity contribution in [1.29, 1.82) is 0 Å². The third kappa shape index (κ3) is 3.09. The fraction of sp³-hybridized carbons (Fsp3) is 0.188. The summed E-state index contributed by atoms with van der Waals surface area (Å²) in [5.41, 5.74) is 14.9. The lowest BCUT2D eigenvalue weighted by Crippen LogP contribution is -2.14. The average molecular weight is 269 g/mol. The minimum absolute atomic E-state index is 0.399. The Morgan fingerprint density at radius 3 is 2.60 bits per heavy atom. The van der Waals surface area contributed by atoms with E-state index in [-0.39, 0.29) is 0 Å². The number of carbonyl (C=O) groups excluding carboxylic acids is 1. The molecule has 0 unspecified atom stereocenters. The molecule has 2 rings (SSSR count). The van der Waals surface area contributed by atoms with Gasteiger partial charge < -0.3 is 16.8 Å². The number of anilines is 3. The van der Waals surface area contributed by atoms with Gasteiger partial charge in [-0.1, -0.05) is 31.5 Å². The van der Waals surface area contributed by atoms with Crippen LogP contribution in [0.4, 0.5) is 17.1 Å². The van der Waals surface area contributed by atoms with Crippen molar-refractivity contribution in [2.45, 2.75) is 19.8 Å². The first-order chi connectivity index (χ1) is 9.61. The zero-order valence-electron chi connectivity index (χ0n) is 11.5. The molecule has 4 heteroatoms. The number of nitrogens with two attached hydrogens (primary N) is 2. The number of benzene rings is 2. The third-order valence-corrected chi connectivity index (χ3v) is 3.12. The Balaban J connectivity index is 2.37. The zero-order chi connectivity index (χ0) is 14.5. The first kappa shape index (κ1) is 13.9. The number of nitrogens with one attached hydrogen (secondary N) is 1. The quantitative estimate of drug-likeness (QED) is 0.730. The highest BCUT2D eigenvalue weighted by molar-refractivity contribution is 6.00. The van der Waals surface area contributed by atoms with Gasteiger partial charge in [0.1, 0.15) is 0 Å². The highest BCUT2D eigenvalue weighted by Gasteiger charge is 2.10. The molecule has 0 aromatic heterocycles. The van der Waals surface area contributed by atoms with Crippen molar-refractivity contribution in [2.75, 3.05) is 11.1 Å². The predicted molar refractivity (Wildman–Crippen MR) is 83.1 cm³/mol. The molecule has 0 radical (unpaired) electrons. The molecule has 0 fully saturated rings. The Morgan fingerprint density at radius 2 is 1.90 bits per heavy atom. The highest BCUT2D eigenvalue weighted by atomic mass is 16.1. The van der Waals surface area contributed by atoms with Crippen molar-refractivity contribution in [3.8, 4) is 0 Å². The van der Waals surface area contributed by atoms with Crippen molar-refractivity contribution in [1.82, 2.24) is 0 Å². The predicted octanol–water partition coefficient (Wildman–Crippen LogP) is 3.06. The maximum atomic E-state index is 11.5. The second-order valence-electron chi connectivity index (χ2n) is 4.70. The van der Waals surface area contributed by atoms with E-state index in [0.717, 1.165) is 18.5 Å². The van der Waals surface area contributed by atoms with Crippen molar-refractivity contribution in [2.24, 2.45) is 5.73 Å². The van der Waals surface area contributed by atoms with Crippen molar-refractivity contribution in [3.63, 3.8) is 0 Å². The number of hydrogen-bond donors (Lipinski definition) is 3. The molecule has 0 saturated heterocycles. The van der Waals surface area contributed by atoms with Crippen molar-refractivity contribution >= 4 is 23.0 Å². The second-order valence-corrected chi connectivity index (χ2v) is 4.70. The van der Waals surface area contributed by atoms with E-state index in [1.165, 1.54) is 5.56 Å². The summed E-state index contributed by atoms with van der Waals surface area (Å²) in [5.74, 6) is -0.493. The summed E-state index contributed by atoms with van der Waals surface area (Å²) in [4.78, 5) is 11.5.